The molecule has 0 aromatic heterocycles. The van der Waals surface area contributed by atoms with Crippen LogP contribution in [0.1, 0.15) is 196 Å². The smallest absolute Gasteiger partial charge is 0.407 e. The summed E-state index contributed by atoms with van der Waals surface area (Å²) in [7, 11) is 0. The van der Waals surface area contributed by atoms with E-state index in [0.29, 0.717) is 44.4 Å². The van der Waals surface area contributed by atoms with Crippen LogP contribution >= 0.6 is 0 Å². The van der Waals surface area contributed by atoms with Crippen molar-refractivity contribution in [1.82, 2.24) is 15.5 Å². The number of hydrogen-bond donors (Lipinski definition) is 3. The molecule has 3 fully saturated rings. The summed E-state index contributed by atoms with van der Waals surface area (Å²) >= 11 is 0. The van der Waals surface area contributed by atoms with Crippen molar-refractivity contribution in [3.05, 3.63) is 11.6 Å². The molecule has 0 spiro atoms. The van der Waals surface area contributed by atoms with E-state index in [0.717, 1.165) is 86.9 Å². The van der Waals surface area contributed by atoms with Crippen LogP contribution in [-0.2, 0) is 14.3 Å². The molecular weight excluding hydrogens is 709 g/mol. The average Bonchev–Trinajstić information content (AvgIpc) is 3.54. The summed E-state index contributed by atoms with van der Waals surface area (Å²) in [6.45, 7) is 16.8. The van der Waals surface area contributed by atoms with E-state index in [1.807, 2.05) is 0 Å². The second-order valence-corrected chi connectivity index (χ2v) is 20.1. The van der Waals surface area contributed by atoms with Crippen molar-refractivity contribution >= 4 is 17.9 Å². The van der Waals surface area contributed by atoms with E-state index in [-0.39, 0.29) is 36.0 Å². The van der Waals surface area contributed by atoms with Gasteiger partial charge in [0, 0.05) is 32.5 Å². The van der Waals surface area contributed by atoms with Gasteiger partial charge in [0.15, 0.2) is 0 Å². The molecule has 0 aromatic carbocycles. The highest BCUT2D eigenvalue weighted by Crippen LogP contribution is 2.67. The molecule has 328 valence electrons. The molecule has 0 aromatic rings. The highest BCUT2D eigenvalue weighted by atomic mass is 16.6. The molecule has 4 rings (SSSR count). The number of nitrogens with one attached hydrogen (secondary N) is 2. The van der Waals surface area contributed by atoms with Gasteiger partial charge in [0.1, 0.15) is 6.10 Å². The van der Waals surface area contributed by atoms with Gasteiger partial charge >= 0.3 is 6.09 Å². The van der Waals surface area contributed by atoms with Gasteiger partial charge in [-0.1, -0.05) is 124 Å². The maximum Gasteiger partial charge on any atom is 0.407 e. The minimum Gasteiger partial charge on any atom is -0.446 e. The summed E-state index contributed by atoms with van der Waals surface area (Å²) in [4.78, 5) is 40.7. The first kappa shape index (κ1) is 47.6. The molecule has 0 heterocycles. The summed E-state index contributed by atoms with van der Waals surface area (Å²) in [5, 5.41) is 5.91. The summed E-state index contributed by atoms with van der Waals surface area (Å²) in [6.07, 6.45) is 29.4. The van der Waals surface area contributed by atoms with Crippen molar-refractivity contribution in [3.63, 3.8) is 0 Å². The summed E-state index contributed by atoms with van der Waals surface area (Å²) < 4.78 is 6.05. The molecule has 8 atom stereocenters. The van der Waals surface area contributed by atoms with Gasteiger partial charge in [-0.3, -0.25) is 9.59 Å². The van der Waals surface area contributed by atoms with E-state index >= 15 is 0 Å². The third-order valence-electron chi connectivity index (χ3n) is 15.5. The molecule has 0 saturated heterocycles. The van der Waals surface area contributed by atoms with E-state index in [4.69, 9.17) is 10.5 Å². The molecular formula is C49H88N4O4. The fourth-order valence-corrected chi connectivity index (χ4v) is 12.2. The van der Waals surface area contributed by atoms with Crippen molar-refractivity contribution in [2.45, 2.75) is 202 Å². The predicted octanol–water partition coefficient (Wildman–Crippen LogP) is 11.1. The topological polar surface area (TPSA) is 114 Å². The Balaban J connectivity index is 1.21. The van der Waals surface area contributed by atoms with Crippen LogP contribution in [0.25, 0.3) is 0 Å². The highest BCUT2D eigenvalue weighted by Gasteiger charge is 2.59. The Morgan fingerprint density at radius 1 is 0.825 bits per heavy atom. The van der Waals surface area contributed by atoms with Gasteiger partial charge in [0.25, 0.3) is 0 Å². The molecule has 0 aliphatic heterocycles. The van der Waals surface area contributed by atoms with Crippen molar-refractivity contribution in [2.75, 3.05) is 32.7 Å². The van der Waals surface area contributed by atoms with Crippen LogP contribution in [0.3, 0.4) is 0 Å². The number of hydrogen-bond acceptors (Lipinski definition) is 5. The Labute approximate surface area is 349 Å². The first-order chi connectivity index (χ1) is 27.4. The van der Waals surface area contributed by atoms with E-state index in [1.165, 1.54) is 95.5 Å². The number of amides is 3. The molecule has 8 heteroatoms. The number of carbonyl (C=O) groups excluding carboxylic acids is 3. The first-order valence-electron chi connectivity index (χ1n) is 24.3. The molecule has 3 amide bonds. The van der Waals surface area contributed by atoms with Gasteiger partial charge < -0.3 is 26.0 Å². The van der Waals surface area contributed by atoms with Crippen molar-refractivity contribution in [2.24, 2.45) is 52.1 Å². The monoisotopic (exact) mass is 797 g/mol. The standard InChI is InChI=1S/C49H88N4O4/c1-7-8-9-10-11-12-13-14-15-22-46(55)53(36-45(54)51-32-17-16-31-50)34-19-33-52-47(56)57-40-27-29-48(5)39(35-40)23-24-41-43-26-25-42(38(4)21-18-20-37(2)3)49(43,6)30-28-44(41)48/h23,37-38,40-44H,7-22,24-36,50H2,1-6H3,(H,51,54)(H,52,56)/t38-,40+,41+,42-,43+,44+,48+,49-/m1/s1. The number of alkyl carbamates (subject to hydrolysis) is 1. The van der Waals surface area contributed by atoms with Crippen LogP contribution in [0, 0.1) is 46.3 Å². The zero-order valence-corrected chi connectivity index (χ0v) is 37.8. The Morgan fingerprint density at radius 3 is 2.26 bits per heavy atom. The lowest BCUT2D eigenvalue weighted by Gasteiger charge is -2.58. The molecule has 0 radical (unpaired) electrons. The lowest BCUT2D eigenvalue weighted by Crippen LogP contribution is -2.51. The zero-order chi connectivity index (χ0) is 41.3. The fourth-order valence-electron chi connectivity index (χ4n) is 12.2. The SMILES string of the molecule is CCCCCCCCCCCC(=O)N(CCCNC(=O)O[C@H]1CC[C@@]2(C)C(=CC[C@H]3[C@@H]4CC[C@H]([C@H](C)CCCC(C)C)[C@@]4(C)CC[C@@H]32)C1)CC(=O)NCCCCN. The van der Waals surface area contributed by atoms with E-state index < -0.39 is 0 Å². The molecule has 4 aliphatic carbocycles. The summed E-state index contributed by atoms with van der Waals surface area (Å²) in [5.41, 5.74) is 7.86. The number of allylic oxidation sites excluding steroid dienone is 1. The average molecular weight is 797 g/mol. The maximum atomic E-state index is 13.3. The molecule has 0 bridgehead atoms. The van der Waals surface area contributed by atoms with E-state index in [9.17, 15) is 14.4 Å². The van der Waals surface area contributed by atoms with Crippen LogP contribution in [0.4, 0.5) is 4.79 Å². The minimum absolute atomic E-state index is 0.0212. The van der Waals surface area contributed by atoms with Gasteiger partial charge in [-0.15, -0.1) is 0 Å². The van der Waals surface area contributed by atoms with Gasteiger partial charge in [0.05, 0.1) is 6.54 Å². The second kappa shape index (κ2) is 24.2. The van der Waals surface area contributed by atoms with Crippen LogP contribution < -0.4 is 16.4 Å². The number of nitrogens with two attached hydrogens (primary N) is 1. The molecule has 4 aliphatic rings. The molecule has 4 N–H and O–H groups in total. The van der Waals surface area contributed by atoms with Crippen LogP contribution in [0.2, 0.25) is 0 Å². The lowest BCUT2D eigenvalue weighted by atomic mass is 9.47. The van der Waals surface area contributed by atoms with Crippen molar-refractivity contribution in [3.8, 4) is 0 Å². The van der Waals surface area contributed by atoms with Crippen LogP contribution in [0.15, 0.2) is 11.6 Å². The number of nitrogens with zero attached hydrogens (tertiary/aromatic N) is 1. The predicted molar refractivity (Wildman–Crippen MR) is 236 cm³/mol. The third-order valence-corrected chi connectivity index (χ3v) is 15.5. The van der Waals surface area contributed by atoms with Gasteiger partial charge in [0.2, 0.25) is 11.8 Å². The van der Waals surface area contributed by atoms with Gasteiger partial charge in [-0.2, -0.15) is 0 Å². The van der Waals surface area contributed by atoms with Crippen LogP contribution in [0.5, 0.6) is 0 Å². The van der Waals surface area contributed by atoms with Crippen molar-refractivity contribution < 1.29 is 19.1 Å². The molecule has 0 unspecified atom stereocenters. The molecule has 57 heavy (non-hydrogen) atoms. The maximum absolute atomic E-state index is 13.3. The van der Waals surface area contributed by atoms with E-state index in [2.05, 4.69) is 58.3 Å². The number of fused-ring (bicyclic) bond motifs is 5. The Bertz CT molecular complexity index is 1250. The Morgan fingerprint density at radius 2 is 1.54 bits per heavy atom. The van der Waals surface area contributed by atoms with E-state index in [1.54, 1.807) is 4.90 Å². The van der Waals surface area contributed by atoms with Crippen molar-refractivity contribution in [1.29, 1.82) is 0 Å². The van der Waals surface area contributed by atoms with Crippen LogP contribution in [-0.4, -0.2) is 61.6 Å². The molecule has 8 nitrogen and oxygen atoms in total. The van der Waals surface area contributed by atoms with Gasteiger partial charge in [-0.05, 0) is 124 Å². The Kier molecular flexibility index (Phi) is 20.2. The molecule has 3 saturated carbocycles. The Hall–Kier alpha value is -2.09. The normalized spacial score (nSPS) is 28.5. The minimum atomic E-state index is -0.365. The number of carbonyl (C=O) groups is 3. The largest absolute Gasteiger partial charge is 0.446 e. The number of unbranched alkanes of at least 4 members (excludes halogenated alkanes) is 9. The third kappa shape index (κ3) is 14.0. The fraction of sp³-hybridized carbons (Fsp3) is 0.898. The zero-order valence-electron chi connectivity index (χ0n) is 37.8. The highest BCUT2D eigenvalue weighted by molar-refractivity contribution is 5.84. The first-order valence-corrected chi connectivity index (χ1v) is 24.3. The number of ether oxygens (including phenoxy) is 1. The number of rotatable bonds is 26. The lowest BCUT2D eigenvalue weighted by molar-refractivity contribution is -0.136. The second-order valence-electron chi connectivity index (χ2n) is 20.1. The summed E-state index contributed by atoms with van der Waals surface area (Å²) in [6, 6.07) is 0. The summed E-state index contributed by atoms with van der Waals surface area (Å²) in [5.74, 6) is 4.79. The quantitative estimate of drug-likeness (QED) is 0.0596. The van der Waals surface area contributed by atoms with Gasteiger partial charge in [-0.25, -0.2) is 4.79 Å².